The summed E-state index contributed by atoms with van der Waals surface area (Å²) in [6, 6.07) is 0. The zero-order chi connectivity index (χ0) is 14.1. The zero-order valence-corrected chi connectivity index (χ0v) is 13.3. The van der Waals surface area contributed by atoms with Gasteiger partial charge in [-0.2, -0.15) is 11.8 Å². The molecule has 1 rings (SSSR count). The van der Waals surface area contributed by atoms with Gasteiger partial charge >= 0.3 is 0 Å². The maximum atomic E-state index is 5.01. The summed E-state index contributed by atoms with van der Waals surface area (Å²) >= 11 is 1.86. The van der Waals surface area contributed by atoms with Crippen molar-refractivity contribution in [2.24, 2.45) is 0 Å². The highest BCUT2D eigenvalue weighted by atomic mass is 32.2. The van der Waals surface area contributed by atoms with Gasteiger partial charge in [-0.25, -0.2) is 9.97 Å². The van der Waals surface area contributed by atoms with Gasteiger partial charge in [-0.15, -0.1) is 0 Å². The first-order valence-corrected chi connectivity index (χ1v) is 7.94. The van der Waals surface area contributed by atoms with Gasteiger partial charge < -0.3 is 10.1 Å². The lowest BCUT2D eigenvalue weighted by molar-refractivity contribution is 0.199. The van der Waals surface area contributed by atoms with E-state index in [1.165, 1.54) is 5.56 Å². The minimum absolute atomic E-state index is 0.752. The van der Waals surface area contributed by atoms with E-state index in [-0.39, 0.29) is 0 Å². The molecule has 0 fully saturated rings. The van der Waals surface area contributed by atoms with Crippen LogP contribution in [0.15, 0.2) is 0 Å². The van der Waals surface area contributed by atoms with Gasteiger partial charge in [0.15, 0.2) is 0 Å². The summed E-state index contributed by atoms with van der Waals surface area (Å²) in [6.45, 7) is 8.91. The molecule has 0 unspecified atom stereocenters. The lowest BCUT2D eigenvalue weighted by Gasteiger charge is -2.11. The molecule has 5 heteroatoms. The summed E-state index contributed by atoms with van der Waals surface area (Å²) < 4.78 is 5.01. The van der Waals surface area contributed by atoms with Crippen molar-refractivity contribution in [2.45, 2.75) is 32.9 Å². The average molecular weight is 283 g/mol. The molecule has 0 aliphatic rings. The van der Waals surface area contributed by atoms with Gasteiger partial charge in [-0.05, 0) is 38.1 Å². The fourth-order valence-corrected chi connectivity index (χ4v) is 2.46. The van der Waals surface area contributed by atoms with Gasteiger partial charge in [-0.1, -0.05) is 6.92 Å². The fraction of sp³-hybridized carbons (Fsp3) is 0.714. The van der Waals surface area contributed by atoms with Crippen molar-refractivity contribution in [1.29, 1.82) is 0 Å². The fourth-order valence-electron chi connectivity index (χ4n) is 1.94. The van der Waals surface area contributed by atoms with Crippen LogP contribution in [0.3, 0.4) is 0 Å². The molecule has 1 aromatic heterocycles. The number of nitrogens with one attached hydrogen (secondary N) is 1. The number of nitrogens with zero attached hydrogens (tertiary/aromatic N) is 2. The van der Waals surface area contributed by atoms with E-state index in [2.05, 4.69) is 36.1 Å². The van der Waals surface area contributed by atoms with Crippen LogP contribution in [-0.4, -0.2) is 42.5 Å². The van der Waals surface area contributed by atoms with Gasteiger partial charge in [0.1, 0.15) is 5.82 Å². The van der Waals surface area contributed by atoms with Crippen molar-refractivity contribution in [2.75, 3.05) is 32.6 Å². The average Bonchev–Trinajstić information content (AvgIpc) is 2.38. The quantitative estimate of drug-likeness (QED) is 0.704. The van der Waals surface area contributed by atoms with Crippen LogP contribution in [0.25, 0.3) is 0 Å². The van der Waals surface area contributed by atoms with Crippen LogP contribution in [0.4, 0.5) is 0 Å². The first-order chi connectivity index (χ1) is 9.19. The molecule has 4 nitrogen and oxygen atoms in total. The molecule has 0 bridgehead atoms. The Balaban J connectivity index is 2.53. The van der Waals surface area contributed by atoms with Gasteiger partial charge in [0.05, 0.1) is 12.4 Å². The van der Waals surface area contributed by atoms with Gasteiger partial charge in [-0.3, -0.25) is 0 Å². The highest BCUT2D eigenvalue weighted by Gasteiger charge is 2.08. The molecular weight excluding hydrogens is 258 g/mol. The molecule has 0 aliphatic heterocycles. The summed E-state index contributed by atoms with van der Waals surface area (Å²) in [7, 11) is 1.72. The number of hydrogen-bond donors (Lipinski definition) is 1. The summed E-state index contributed by atoms with van der Waals surface area (Å²) in [6.07, 6.45) is 0.975. The molecule has 1 aromatic rings. The van der Waals surface area contributed by atoms with E-state index in [0.29, 0.717) is 0 Å². The predicted octanol–water partition coefficient (Wildman–Crippen LogP) is 2.13. The van der Waals surface area contributed by atoms with Crippen LogP contribution in [0, 0.1) is 13.8 Å². The Morgan fingerprint density at radius 1 is 1.16 bits per heavy atom. The van der Waals surface area contributed by atoms with E-state index < -0.39 is 0 Å². The maximum absolute atomic E-state index is 5.01. The zero-order valence-electron chi connectivity index (χ0n) is 12.5. The third kappa shape index (κ3) is 5.89. The molecule has 0 atom stereocenters. The monoisotopic (exact) mass is 283 g/mol. The minimum Gasteiger partial charge on any atom is -0.383 e. The Kier molecular flexibility index (Phi) is 8.02. The molecule has 1 N–H and O–H groups in total. The van der Waals surface area contributed by atoms with Gasteiger partial charge in [0, 0.05) is 25.0 Å². The number of thioether (sulfide) groups is 1. The second-order valence-electron chi connectivity index (χ2n) is 4.42. The van der Waals surface area contributed by atoms with Crippen molar-refractivity contribution >= 4 is 11.8 Å². The number of methoxy groups -OCH3 is 1. The van der Waals surface area contributed by atoms with Crippen LogP contribution < -0.4 is 5.32 Å². The topological polar surface area (TPSA) is 47.0 Å². The lowest BCUT2D eigenvalue weighted by atomic mass is 10.1. The normalized spacial score (nSPS) is 10.9. The van der Waals surface area contributed by atoms with Gasteiger partial charge in [0.2, 0.25) is 0 Å². The van der Waals surface area contributed by atoms with E-state index in [1.807, 2.05) is 11.8 Å². The summed E-state index contributed by atoms with van der Waals surface area (Å²) in [5.74, 6) is 2.97. The van der Waals surface area contributed by atoms with E-state index in [0.717, 1.165) is 54.8 Å². The van der Waals surface area contributed by atoms with Crippen molar-refractivity contribution in [3.63, 3.8) is 0 Å². The number of aromatic nitrogens is 2. The molecule has 0 aromatic carbocycles. The van der Waals surface area contributed by atoms with Crippen LogP contribution in [0.2, 0.25) is 0 Å². The molecule has 0 saturated carbocycles. The summed E-state index contributed by atoms with van der Waals surface area (Å²) in [4.78, 5) is 9.20. The number of hydrogen-bond acceptors (Lipinski definition) is 5. The van der Waals surface area contributed by atoms with Crippen LogP contribution in [0.1, 0.15) is 29.7 Å². The van der Waals surface area contributed by atoms with Crippen molar-refractivity contribution < 1.29 is 4.74 Å². The molecule has 0 aliphatic carbocycles. The lowest BCUT2D eigenvalue weighted by Crippen LogP contribution is -2.22. The minimum atomic E-state index is 0.752. The van der Waals surface area contributed by atoms with Crippen molar-refractivity contribution in [1.82, 2.24) is 15.3 Å². The molecule has 0 amide bonds. The molecular formula is C14H25N3OS. The Morgan fingerprint density at radius 2 is 1.84 bits per heavy atom. The maximum Gasteiger partial charge on any atom is 0.138 e. The SMILES string of the molecule is CCSCc1nc(C)c(CCNCCOC)c(C)n1. The van der Waals surface area contributed by atoms with E-state index in [9.17, 15) is 0 Å². The highest BCUT2D eigenvalue weighted by molar-refractivity contribution is 7.98. The van der Waals surface area contributed by atoms with Crippen molar-refractivity contribution in [3.8, 4) is 0 Å². The third-order valence-corrected chi connectivity index (χ3v) is 3.81. The van der Waals surface area contributed by atoms with Gasteiger partial charge in [0.25, 0.3) is 0 Å². The van der Waals surface area contributed by atoms with Crippen LogP contribution >= 0.6 is 11.8 Å². The molecule has 1 heterocycles. The molecule has 0 saturated heterocycles. The Labute approximate surface area is 120 Å². The standard InChI is InChI=1S/C14H25N3OS/c1-5-19-10-14-16-11(2)13(12(3)17-14)6-7-15-8-9-18-4/h15H,5-10H2,1-4H3. The first-order valence-electron chi connectivity index (χ1n) is 6.79. The number of aryl methyl sites for hydroxylation is 2. The van der Waals surface area contributed by atoms with Crippen molar-refractivity contribution in [3.05, 3.63) is 22.8 Å². The molecule has 0 radical (unpaired) electrons. The first kappa shape index (κ1) is 16.4. The highest BCUT2D eigenvalue weighted by Crippen LogP contribution is 2.14. The largest absolute Gasteiger partial charge is 0.383 e. The van der Waals surface area contributed by atoms with Crippen LogP contribution in [-0.2, 0) is 16.9 Å². The predicted molar refractivity (Wildman–Crippen MR) is 81.8 cm³/mol. The number of rotatable bonds is 9. The Hall–Kier alpha value is -0.650. The van der Waals surface area contributed by atoms with E-state index >= 15 is 0 Å². The summed E-state index contributed by atoms with van der Waals surface area (Å²) in [5.41, 5.74) is 3.51. The summed E-state index contributed by atoms with van der Waals surface area (Å²) in [5, 5.41) is 3.35. The third-order valence-electron chi connectivity index (χ3n) is 2.94. The van der Waals surface area contributed by atoms with Crippen LogP contribution in [0.5, 0.6) is 0 Å². The van der Waals surface area contributed by atoms with E-state index in [1.54, 1.807) is 7.11 Å². The molecule has 108 valence electrons. The Bertz CT molecular complexity index is 362. The smallest absolute Gasteiger partial charge is 0.138 e. The second kappa shape index (κ2) is 9.28. The second-order valence-corrected chi connectivity index (χ2v) is 5.69. The number of ether oxygens (including phenoxy) is 1. The Morgan fingerprint density at radius 3 is 2.42 bits per heavy atom. The van der Waals surface area contributed by atoms with E-state index in [4.69, 9.17) is 4.74 Å². The molecule has 19 heavy (non-hydrogen) atoms. The molecule has 0 spiro atoms.